The predicted molar refractivity (Wildman–Crippen MR) is 88.6 cm³/mol. The second-order valence-electron chi connectivity index (χ2n) is 5.99. The predicted octanol–water partition coefficient (Wildman–Crippen LogP) is 5.37. The van der Waals surface area contributed by atoms with Crippen molar-refractivity contribution in [2.24, 2.45) is 0 Å². The molecule has 2 N–H and O–H groups in total. The molecule has 0 spiro atoms. The van der Waals surface area contributed by atoms with Crippen molar-refractivity contribution in [2.75, 3.05) is 5.73 Å². The van der Waals surface area contributed by atoms with Crippen molar-refractivity contribution in [1.82, 2.24) is 4.98 Å². The number of aryl methyl sites for hydroxylation is 1. The fourth-order valence-electron chi connectivity index (χ4n) is 1.97. The maximum atomic E-state index is 6.13. The Bertz CT molecular complexity index is 679. The molecule has 0 aliphatic carbocycles. The highest BCUT2D eigenvalue weighted by molar-refractivity contribution is 6.36. The highest BCUT2D eigenvalue weighted by Crippen LogP contribution is 2.37. The number of nitrogen functional groups attached to an aromatic ring is 1. The Morgan fingerprint density at radius 2 is 1.76 bits per heavy atom. The summed E-state index contributed by atoms with van der Waals surface area (Å²) in [5, 5.41) is 0.642. The van der Waals surface area contributed by atoms with E-state index in [1.165, 1.54) is 6.07 Å². The Morgan fingerprint density at radius 3 is 2.38 bits per heavy atom. The van der Waals surface area contributed by atoms with E-state index in [1.807, 2.05) is 13.0 Å². The molecule has 1 aromatic heterocycles. The number of benzene rings is 1. The Hall–Kier alpha value is -1.45. The van der Waals surface area contributed by atoms with E-state index in [2.05, 4.69) is 37.9 Å². The second-order valence-corrected chi connectivity index (χ2v) is 6.81. The molecule has 0 atom stereocenters. The lowest BCUT2D eigenvalue weighted by Crippen LogP contribution is -2.13. The molecule has 21 heavy (non-hydrogen) atoms. The van der Waals surface area contributed by atoms with E-state index in [1.54, 1.807) is 0 Å². The monoisotopic (exact) mass is 324 g/mol. The van der Waals surface area contributed by atoms with Crippen LogP contribution in [0.1, 0.15) is 31.9 Å². The topological polar surface area (TPSA) is 48.1 Å². The molecule has 0 aliphatic rings. The van der Waals surface area contributed by atoms with Gasteiger partial charge in [0.15, 0.2) is 0 Å². The van der Waals surface area contributed by atoms with Crippen LogP contribution in [0.25, 0.3) is 0 Å². The minimum absolute atomic E-state index is 0.0620. The fourth-order valence-corrected chi connectivity index (χ4v) is 2.37. The van der Waals surface area contributed by atoms with Gasteiger partial charge in [0.2, 0.25) is 5.88 Å². The van der Waals surface area contributed by atoms with Crippen LogP contribution in [-0.4, -0.2) is 4.98 Å². The lowest BCUT2D eigenvalue weighted by molar-refractivity contribution is 0.440. The molecule has 1 aromatic carbocycles. The van der Waals surface area contributed by atoms with E-state index < -0.39 is 0 Å². The van der Waals surface area contributed by atoms with Gasteiger partial charge in [-0.1, -0.05) is 56.1 Å². The van der Waals surface area contributed by atoms with Gasteiger partial charge in [0, 0.05) is 5.56 Å². The van der Waals surface area contributed by atoms with Gasteiger partial charge in [-0.25, -0.2) is 0 Å². The molecule has 112 valence electrons. The third-order valence-electron chi connectivity index (χ3n) is 3.08. The summed E-state index contributed by atoms with van der Waals surface area (Å²) in [6.45, 7) is 8.37. The number of hydrogen-bond donors (Lipinski definition) is 1. The van der Waals surface area contributed by atoms with Gasteiger partial charge >= 0.3 is 0 Å². The van der Waals surface area contributed by atoms with Crippen molar-refractivity contribution < 1.29 is 4.74 Å². The van der Waals surface area contributed by atoms with Crippen molar-refractivity contribution in [2.45, 2.75) is 33.1 Å². The summed E-state index contributed by atoms with van der Waals surface area (Å²) in [5.41, 5.74) is 7.82. The van der Waals surface area contributed by atoms with E-state index in [9.17, 15) is 0 Å². The summed E-state index contributed by atoms with van der Waals surface area (Å²) in [6, 6.07) is 7.60. The van der Waals surface area contributed by atoms with Crippen LogP contribution < -0.4 is 10.5 Å². The quantitative estimate of drug-likeness (QED) is 0.807. The first-order chi connectivity index (χ1) is 9.68. The number of halogens is 2. The average Bonchev–Trinajstić information content (AvgIpc) is 2.34. The SMILES string of the molecule is Cc1ccc(C(C)(C)C)c(Oc2nc(N)c(Cl)cc2Cl)c1. The smallest absolute Gasteiger partial charge is 0.240 e. The van der Waals surface area contributed by atoms with E-state index in [0.29, 0.717) is 10.0 Å². The van der Waals surface area contributed by atoms with Gasteiger partial charge in [0.05, 0.1) is 5.02 Å². The molecule has 2 aromatic rings. The maximum absolute atomic E-state index is 6.13. The first kappa shape index (κ1) is 15.9. The largest absolute Gasteiger partial charge is 0.437 e. The van der Waals surface area contributed by atoms with Crippen LogP contribution in [-0.2, 0) is 5.41 Å². The van der Waals surface area contributed by atoms with Gasteiger partial charge in [-0.05, 0) is 30.0 Å². The van der Waals surface area contributed by atoms with Crippen LogP contribution in [0.5, 0.6) is 11.6 Å². The molecule has 5 heteroatoms. The summed E-state index contributed by atoms with van der Waals surface area (Å²) in [4.78, 5) is 4.11. The van der Waals surface area contributed by atoms with Crippen LogP contribution >= 0.6 is 23.2 Å². The lowest BCUT2D eigenvalue weighted by atomic mass is 9.86. The first-order valence-corrected chi connectivity index (χ1v) is 7.34. The number of pyridine rings is 1. The number of nitrogens with two attached hydrogens (primary N) is 1. The molecular weight excluding hydrogens is 307 g/mol. The van der Waals surface area contributed by atoms with Gasteiger partial charge in [-0.3, -0.25) is 0 Å². The number of rotatable bonds is 2. The number of anilines is 1. The van der Waals surface area contributed by atoms with Gasteiger partial charge in [0.1, 0.15) is 16.6 Å². The summed E-state index contributed by atoms with van der Waals surface area (Å²) in [5.74, 6) is 1.18. The van der Waals surface area contributed by atoms with E-state index in [-0.39, 0.29) is 17.1 Å². The number of aromatic nitrogens is 1. The molecule has 0 bridgehead atoms. The highest BCUT2D eigenvalue weighted by Gasteiger charge is 2.20. The summed E-state index contributed by atoms with van der Waals surface area (Å²) in [6.07, 6.45) is 0. The molecule has 0 saturated carbocycles. The van der Waals surface area contributed by atoms with Crippen molar-refractivity contribution in [1.29, 1.82) is 0 Å². The van der Waals surface area contributed by atoms with Gasteiger partial charge in [-0.2, -0.15) is 4.98 Å². The maximum Gasteiger partial charge on any atom is 0.240 e. The van der Waals surface area contributed by atoms with Crippen LogP contribution in [0.3, 0.4) is 0 Å². The number of hydrogen-bond acceptors (Lipinski definition) is 3. The number of ether oxygens (including phenoxy) is 1. The van der Waals surface area contributed by atoms with Crippen LogP contribution in [0.4, 0.5) is 5.82 Å². The fraction of sp³-hybridized carbons (Fsp3) is 0.312. The van der Waals surface area contributed by atoms with Gasteiger partial charge < -0.3 is 10.5 Å². The van der Waals surface area contributed by atoms with Crippen LogP contribution in [0.15, 0.2) is 24.3 Å². The standard InChI is InChI=1S/C16H18Cl2N2O/c1-9-5-6-10(16(2,3)4)13(7-9)21-15-12(18)8-11(17)14(19)20-15/h5-8H,1-4H3,(H2,19,20). The molecule has 0 fully saturated rings. The van der Waals surface area contributed by atoms with Crippen molar-refractivity contribution in [3.05, 3.63) is 45.4 Å². The van der Waals surface area contributed by atoms with E-state index in [4.69, 9.17) is 33.7 Å². The molecule has 0 amide bonds. The first-order valence-electron chi connectivity index (χ1n) is 6.59. The van der Waals surface area contributed by atoms with Crippen LogP contribution in [0.2, 0.25) is 10.0 Å². The van der Waals surface area contributed by atoms with Gasteiger partial charge in [0.25, 0.3) is 0 Å². The summed E-state index contributed by atoms with van der Waals surface area (Å²) < 4.78 is 5.90. The number of nitrogens with zero attached hydrogens (tertiary/aromatic N) is 1. The minimum atomic E-state index is -0.0620. The molecule has 0 aliphatic heterocycles. The summed E-state index contributed by atoms with van der Waals surface area (Å²) >= 11 is 12.0. The van der Waals surface area contributed by atoms with Crippen molar-refractivity contribution >= 4 is 29.0 Å². The molecule has 0 radical (unpaired) electrons. The van der Waals surface area contributed by atoms with Crippen LogP contribution in [0, 0.1) is 6.92 Å². The molecule has 1 heterocycles. The molecular formula is C16H18Cl2N2O. The zero-order valence-electron chi connectivity index (χ0n) is 12.5. The molecule has 0 saturated heterocycles. The third kappa shape index (κ3) is 3.60. The van der Waals surface area contributed by atoms with E-state index >= 15 is 0 Å². The Kier molecular flexibility index (Phi) is 4.35. The summed E-state index contributed by atoms with van der Waals surface area (Å²) in [7, 11) is 0. The molecule has 0 unspecified atom stereocenters. The minimum Gasteiger partial charge on any atom is -0.437 e. The highest BCUT2D eigenvalue weighted by atomic mass is 35.5. The molecule has 3 nitrogen and oxygen atoms in total. The Balaban J connectivity index is 2.49. The average molecular weight is 325 g/mol. The lowest BCUT2D eigenvalue weighted by Gasteiger charge is -2.23. The third-order valence-corrected chi connectivity index (χ3v) is 3.65. The molecule has 2 rings (SSSR count). The normalized spacial score (nSPS) is 11.5. The Morgan fingerprint density at radius 1 is 1.10 bits per heavy atom. The van der Waals surface area contributed by atoms with Crippen molar-refractivity contribution in [3.8, 4) is 11.6 Å². The Labute approximate surface area is 135 Å². The van der Waals surface area contributed by atoms with Crippen molar-refractivity contribution in [3.63, 3.8) is 0 Å². The zero-order chi connectivity index (χ0) is 15.8. The van der Waals surface area contributed by atoms with Gasteiger partial charge in [-0.15, -0.1) is 0 Å². The zero-order valence-corrected chi connectivity index (χ0v) is 14.0. The van der Waals surface area contributed by atoms with E-state index in [0.717, 1.165) is 16.9 Å². The second kappa shape index (κ2) is 5.74.